The van der Waals surface area contributed by atoms with Crippen LogP contribution in [0.5, 0.6) is 0 Å². The van der Waals surface area contributed by atoms with Gasteiger partial charge >= 0.3 is 0 Å². The number of halogens is 1. The highest BCUT2D eigenvalue weighted by molar-refractivity contribution is 5.79. The molecule has 0 unspecified atom stereocenters. The van der Waals surface area contributed by atoms with Gasteiger partial charge in [0.1, 0.15) is 12.4 Å². The van der Waals surface area contributed by atoms with Crippen LogP contribution < -0.4 is 0 Å². The van der Waals surface area contributed by atoms with Crippen molar-refractivity contribution in [1.29, 1.82) is 0 Å². The summed E-state index contributed by atoms with van der Waals surface area (Å²) < 4.78 is 14.4. The van der Waals surface area contributed by atoms with Crippen molar-refractivity contribution in [1.82, 2.24) is 25.1 Å². The highest BCUT2D eigenvalue weighted by atomic mass is 19.1. The molecule has 23 heavy (non-hydrogen) atoms. The number of amides is 1. The van der Waals surface area contributed by atoms with E-state index in [0.717, 1.165) is 11.1 Å². The highest BCUT2D eigenvalue weighted by Gasteiger charge is 2.21. The third-order valence-electron chi connectivity index (χ3n) is 3.82. The molecule has 0 aliphatic carbocycles. The molecule has 0 fully saturated rings. The van der Waals surface area contributed by atoms with E-state index in [4.69, 9.17) is 5.11 Å². The van der Waals surface area contributed by atoms with E-state index in [1.54, 1.807) is 11.0 Å². The van der Waals surface area contributed by atoms with Gasteiger partial charge < -0.3 is 10.0 Å². The molecule has 2 aromatic rings. The lowest BCUT2D eigenvalue weighted by Gasteiger charge is -2.27. The summed E-state index contributed by atoms with van der Waals surface area (Å²) in [5.74, 6) is -0.628. The number of hydrogen-bond donors (Lipinski definition) is 1. The number of carbonyl (C=O) groups is 1. The molecule has 1 aliphatic heterocycles. The maximum Gasteiger partial charge on any atom is 0.248 e. The summed E-state index contributed by atoms with van der Waals surface area (Å²) in [4.78, 5) is 14.4. The third kappa shape index (κ3) is 3.26. The van der Waals surface area contributed by atoms with Crippen molar-refractivity contribution in [2.45, 2.75) is 13.0 Å². The van der Waals surface area contributed by atoms with E-state index in [9.17, 15) is 9.18 Å². The standard InChI is InChI=1S/C15H16FN5O2/c16-13-3-1-2-12(8-21-18-10-17-19-21)15(13)11-4-6-20(7-5-11)14(23)9-22/h1-4,10,22H,5-9H2. The van der Waals surface area contributed by atoms with Crippen LogP contribution in [-0.2, 0) is 11.3 Å². The van der Waals surface area contributed by atoms with Crippen molar-refractivity contribution < 1.29 is 14.3 Å². The maximum absolute atomic E-state index is 14.4. The summed E-state index contributed by atoms with van der Waals surface area (Å²) in [5.41, 5.74) is 2.14. The Labute approximate surface area is 132 Å². The minimum Gasteiger partial charge on any atom is -0.387 e. The number of tetrazole rings is 1. The lowest BCUT2D eigenvalue weighted by molar-refractivity contribution is -0.133. The summed E-state index contributed by atoms with van der Waals surface area (Å²) >= 11 is 0. The zero-order chi connectivity index (χ0) is 16.2. The number of aliphatic hydroxyl groups excluding tert-OH is 1. The normalized spacial score (nSPS) is 14.7. The topological polar surface area (TPSA) is 84.1 Å². The van der Waals surface area contributed by atoms with Crippen LogP contribution >= 0.6 is 0 Å². The van der Waals surface area contributed by atoms with Crippen LogP contribution in [-0.4, -0.2) is 55.8 Å². The van der Waals surface area contributed by atoms with Crippen molar-refractivity contribution in [3.63, 3.8) is 0 Å². The monoisotopic (exact) mass is 317 g/mol. The molecule has 8 heteroatoms. The van der Waals surface area contributed by atoms with Crippen molar-refractivity contribution in [3.05, 3.63) is 47.5 Å². The number of nitrogens with zero attached hydrogens (tertiary/aromatic N) is 5. The van der Waals surface area contributed by atoms with Gasteiger partial charge in [-0.25, -0.2) is 4.39 Å². The summed E-state index contributed by atoms with van der Waals surface area (Å²) in [7, 11) is 0. The maximum atomic E-state index is 14.4. The molecule has 1 aromatic carbocycles. The second kappa shape index (κ2) is 6.66. The van der Waals surface area contributed by atoms with Crippen molar-refractivity contribution in [3.8, 4) is 0 Å². The van der Waals surface area contributed by atoms with Gasteiger partial charge in [0, 0.05) is 18.7 Å². The average molecular weight is 317 g/mol. The van der Waals surface area contributed by atoms with Gasteiger partial charge in [-0.3, -0.25) is 4.79 Å². The van der Waals surface area contributed by atoms with Gasteiger partial charge in [-0.2, -0.15) is 4.80 Å². The molecule has 0 saturated heterocycles. The van der Waals surface area contributed by atoms with Crippen LogP contribution in [0.15, 0.2) is 30.6 Å². The summed E-state index contributed by atoms with van der Waals surface area (Å²) in [6.45, 7) is 0.639. The molecule has 1 aliphatic rings. The Hall–Kier alpha value is -2.61. The van der Waals surface area contributed by atoms with E-state index in [-0.39, 0.29) is 11.7 Å². The van der Waals surface area contributed by atoms with Gasteiger partial charge in [-0.1, -0.05) is 18.2 Å². The van der Waals surface area contributed by atoms with E-state index in [2.05, 4.69) is 15.4 Å². The summed E-state index contributed by atoms with van der Waals surface area (Å²) in [6, 6.07) is 4.89. The molecule has 0 bridgehead atoms. The molecule has 7 nitrogen and oxygen atoms in total. The minimum absolute atomic E-state index is 0.309. The number of rotatable bonds is 4. The molecule has 0 atom stereocenters. The van der Waals surface area contributed by atoms with Crippen molar-refractivity contribution in [2.24, 2.45) is 0 Å². The second-order valence-corrected chi connectivity index (χ2v) is 5.22. The number of carbonyl (C=O) groups excluding carboxylic acids is 1. The van der Waals surface area contributed by atoms with Gasteiger partial charge in [0.2, 0.25) is 5.91 Å². The number of aliphatic hydroxyl groups is 1. The number of benzene rings is 1. The Bertz CT molecular complexity index is 729. The fourth-order valence-corrected chi connectivity index (χ4v) is 2.70. The summed E-state index contributed by atoms with van der Waals surface area (Å²) in [5, 5.41) is 20.3. The molecule has 1 aromatic heterocycles. The number of aromatic nitrogens is 4. The molecule has 0 saturated carbocycles. The third-order valence-corrected chi connectivity index (χ3v) is 3.82. The quantitative estimate of drug-likeness (QED) is 0.886. The molecule has 0 radical (unpaired) electrons. The Morgan fingerprint density at radius 1 is 1.39 bits per heavy atom. The predicted octanol–water partition coefficient (Wildman–Crippen LogP) is 0.468. The zero-order valence-electron chi connectivity index (χ0n) is 12.4. The average Bonchev–Trinajstić information content (AvgIpc) is 3.08. The first-order valence-electron chi connectivity index (χ1n) is 7.25. The first-order chi connectivity index (χ1) is 11.2. The van der Waals surface area contributed by atoms with E-state index in [1.165, 1.54) is 17.2 Å². The molecular formula is C15H16FN5O2. The Morgan fingerprint density at radius 2 is 2.26 bits per heavy atom. The Balaban J connectivity index is 1.88. The van der Waals surface area contributed by atoms with E-state index >= 15 is 0 Å². The number of hydrogen-bond acceptors (Lipinski definition) is 5. The molecule has 3 rings (SSSR count). The first-order valence-corrected chi connectivity index (χ1v) is 7.25. The van der Waals surface area contributed by atoms with Crippen LogP contribution in [0.1, 0.15) is 17.5 Å². The Morgan fingerprint density at radius 3 is 2.91 bits per heavy atom. The highest BCUT2D eigenvalue weighted by Crippen LogP contribution is 2.28. The summed E-state index contributed by atoms with van der Waals surface area (Å²) in [6.07, 6.45) is 3.69. The van der Waals surface area contributed by atoms with E-state index in [1.807, 2.05) is 12.1 Å². The Kier molecular flexibility index (Phi) is 4.42. The minimum atomic E-state index is -0.508. The lowest BCUT2D eigenvalue weighted by atomic mass is 9.94. The predicted molar refractivity (Wildman–Crippen MR) is 79.6 cm³/mol. The van der Waals surface area contributed by atoms with Gasteiger partial charge in [0.15, 0.2) is 6.33 Å². The molecule has 0 spiro atoms. The van der Waals surface area contributed by atoms with Gasteiger partial charge in [-0.05, 0) is 28.8 Å². The van der Waals surface area contributed by atoms with E-state index < -0.39 is 6.61 Å². The molecule has 1 amide bonds. The zero-order valence-corrected chi connectivity index (χ0v) is 12.4. The van der Waals surface area contributed by atoms with E-state index in [0.29, 0.717) is 31.6 Å². The van der Waals surface area contributed by atoms with Crippen molar-refractivity contribution >= 4 is 11.5 Å². The van der Waals surface area contributed by atoms with Crippen LogP contribution in [0.25, 0.3) is 5.57 Å². The van der Waals surface area contributed by atoms with Crippen LogP contribution in [0.2, 0.25) is 0 Å². The largest absolute Gasteiger partial charge is 0.387 e. The van der Waals surface area contributed by atoms with Gasteiger partial charge in [-0.15, -0.1) is 10.2 Å². The molecule has 1 N–H and O–H groups in total. The molecule has 120 valence electrons. The van der Waals surface area contributed by atoms with Gasteiger partial charge in [0.25, 0.3) is 0 Å². The fraction of sp³-hybridized carbons (Fsp3) is 0.333. The fourth-order valence-electron chi connectivity index (χ4n) is 2.70. The van der Waals surface area contributed by atoms with Crippen LogP contribution in [0.4, 0.5) is 4.39 Å². The second-order valence-electron chi connectivity index (χ2n) is 5.22. The molecule has 2 heterocycles. The first kappa shape index (κ1) is 15.3. The van der Waals surface area contributed by atoms with Crippen molar-refractivity contribution in [2.75, 3.05) is 19.7 Å². The molecular weight excluding hydrogens is 301 g/mol. The van der Waals surface area contributed by atoms with Gasteiger partial charge in [0.05, 0.1) is 6.54 Å². The lowest BCUT2D eigenvalue weighted by Crippen LogP contribution is -2.36. The van der Waals surface area contributed by atoms with Crippen LogP contribution in [0.3, 0.4) is 0 Å². The SMILES string of the molecule is O=C(CO)N1CC=C(c2c(F)cccc2Cn2ncnn2)CC1. The van der Waals surface area contributed by atoms with Crippen LogP contribution in [0, 0.1) is 5.82 Å². The smallest absolute Gasteiger partial charge is 0.248 e.